The van der Waals surface area contributed by atoms with E-state index in [1.54, 1.807) is 24.0 Å². The molecule has 2 aliphatic heterocycles. The summed E-state index contributed by atoms with van der Waals surface area (Å²) < 4.78 is 0. The molecule has 2 saturated heterocycles. The zero-order chi connectivity index (χ0) is 19.1. The Hall–Kier alpha value is -1.79. The van der Waals surface area contributed by atoms with E-state index < -0.39 is 17.4 Å². The summed E-state index contributed by atoms with van der Waals surface area (Å²) in [7, 11) is 0. The molecule has 1 aromatic rings. The standard InChI is InChI=1S/C18H20Cl2N2O4/c1-18(17(25)26)6-8-21(10-18)16(24)14-3-2-7-22(14)15(23)12-9-11(19)4-5-13(12)20/h4-5,9,14H,2-3,6-8,10H2,1H3,(H,25,26). The van der Waals surface area contributed by atoms with Gasteiger partial charge in [0.2, 0.25) is 5.91 Å². The lowest BCUT2D eigenvalue weighted by atomic mass is 9.90. The molecule has 0 spiro atoms. The van der Waals surface area contributed by atoms with Crippen LogP contribution in [0.15, 0.2) is 18.2 Å². The topological polar surface area (TPSA) is 77.9 Å². The Morgan fingerprint density at radius 1 is 1.23 bits per heavy atom. The Kier molecular flexibility index (Phi) is 5.17. The molecule has 0 saturated carbocycles. The average Bonchev–Trinajstić information content (AvgIpc) is 3.23. The van der Waals surface area contributed by atoms with Gasteiger partial charge < -0.3 is 14.9 Å². The predicted octanol–water partition coefficient (Wildman–Crippen LogP) is 2.92. The number of likely N-dealkylation sites (tertiary alicyclic amines) is 2. The van der Waals surface area contributed by atoms with Crippen molar-refractivity contribution in [1.82, 2.24) is 9.80 Å². The van der Waals surface area contributed by atoms with E-state index >= 15 is 0 Å². The van der Waals surface area contributed by atoms with Crippen LogP contribution >= 0.6 is 23.2 Å². The van der Waals surface area contributed by atoms with Crippen molar-refractivity contribution in [2.75, 3.05) is 19.6 Å². The van der Waals surface area contributed by atoms with Gasteiger partial charge in [-0.1, -0.05) is 23.2 Å². The van der Waals surface area contributed by atoms with Gasteiger partial charge >= 0.3 is 5.97 Å². The van der Waals surface area contributed by atoms with Gasteiger partial charge in [-0.3, -0.25) is 14.4 Å². The second-order valence-corrected chi connectivity index (χ2v) is 8.00. The minimum atomic E-state index is -0.931. The monoisotopic (exact) mass is 398 g/mol. The van der Waals surface area contributed by atoms with Gasteiger partial charge in [0.05, 0.1) is 16.0 Å². The minimum Gasteiger partial charge on any atom is -0.481 e. The molecule has 2 aliphatic rings. The maximum absolute atomic E-state index is 12.9. The maximum atomic E-state index is 12.9. The van der Waals surface area contributed by atoms with Gasteiger partial charge in [0.1, 0.15) is 6.04 Å². The van der Waals surface area contributed by atoms with Gasteiger partial charge in [-0.25, -0.2) is 0 Å². The lowest BCUT2D eigenvalue weighted by molar-refractivity contribution is -0.147. The molecule has 0 aliphatic carbocycles. The molecule has 2 amide bonds. The normalized spacial score (nSPS) is 25.6. The molecule has 8 heteroatoms. The van der Waals surface area contributed by atoms with Crippen molar-refractivity contribution in [3.05, 3.63) is 33.8 Å². The third-order valence-electron chi connectivity index (χ3n) is 5.26. The highest BCUT2D eigenvalue weighted by Crippen LogP contribution is 2.33. The number of nitrogens with zero attached hydrogens (tertiary/aromatic N) is 2. The number of benzene rings is 1. The number of aliphatic carboxylic acids is 1. The molecule has 2 heterocycles. The molecule has 1 N–H and O–H groups in total. The Morgan fingerprint density at radius 3 is 2.62 bits per heavy atom. The number of carbonyl (C=O) groups excluding carboxylic acids is 2. The van der Waals surface area contributed by atoms with Crippen LogP contribution in [0.2, 0.25) is 10.0 Å². The van der Waals surface area contributed by atoms with Crippen LogP contribution in [0, 0.1) is 5.41 Å². The second kappa shape index (κ2) is 7.08. The van der Waals surface area contributed by atoms with E-state index in [-0.39, 0.29) is 28.9 Å². The molecular weight excluding hydrogens is 379 g/mol. The predicted molar refractivity (Wildman–Crippen MR) is 97.5 cm³/mol. The number of carbonyl (C=O) groups is 3. The first-order valence-corrected chi connectivity index (χ1v) is 9.27. The fraction of sp³-hybridized carbons (Fsp3) is 0.500. The van der Waals surface area contributed by atoms with E-state index in [0.717, 1.165) is 0 Å². The van der Waals surface area contributed by atoms with Crippen molar-refractivity contribution in [2.45, 2.75) is 32.2 Å². The fourth-order valence-corrected chi connectivity index (χ4v) is 3.99. The molecule has 0 bridgehead atoms. The number of carboxylic acid groups (broad SMARTS) is 1. The molecule has 0 radical (unpaired) electrons. The van der Waals surface area contributed by atoms with E-state index in [2.05, 4.69) is 0 Å². The van der Waals surface area contributed by atoms with Gasteiger partial charge in [0.25, 0.3) is 5.91 Å². The van der Waals surface area contributed by atoms with Crippen molar-refractivity contribution in [1.29, 1.82) is 0 Å². The summed E-state index contributed by atoms with van der Waals surface area (Å²) in [6.45, 7) is 2.66. The van der Waals surface area contributed by atoms with E-state index in [0.29, 0.717) is 37.4 Å². The first-order valence-electron chi connectivity index (χ1n) is 8.51. The lowest BCUT2D eigenvalue weighted by Crippen LogP contribution is -2.48. The van der Waals surface area contributed by atoms with Crippen molar-refractivity contribution in [3.63, 3.8) is 0 Å². The summed E-state index contributed by atoms with van der Waals surface area (Å²) in [5.74, 6) is -1.43. The number of hydrogen-bond acceptors (Lipinski definition) is 3. The van der Waals surface area contributed by atoms with Crippen molar-refractivity contribution in [3.8, 4) is 0 Å². The largest absolute Gasteiger partial charge is 0.481 e. The van der Waals surface area contributed by atoms with E-state index in [1.165, 1.54) is 11.0 Å². The number of halogens is 2. The molecule has 26 heavy (non-hydrogen) atoms. The summed E-state index contributed by atoms with van der Waals surface area (Å²) in [5, 5.41) is 10.0. The van der Waals surface area contributed by atoms with Crippen molar-refractivity contribution in [2.24, 2.45) is 5.41 Å². The first kappa shape index (κ1) is 19.0. The molecule has 2 atom stereocenters. The van der Waals surface area contributed by atoms with Gasteiger partial charge in [-0.15, -0.1) is 0 Å². The van der Waals surface area contributed by atoms with Gasteiger partial charge in [0, 0.05) is 24.7 Å². The molecular formula is C18H20Cl2N2O4. The lowest BCUT2D eigenvalue weighted by Gasteiger charge is -2.29. The van der Waals surface area contributed by atoms with Gasteiger partial charge in [0.15, 0.2) is 0 Å². The first-order chi connectivity index (χ1) is 12.2. The molecule has 6 nitrogen and oxygen atoms in total. The third-order valence-corrected chi connectivity index (χ3v) is 5.82. The molecule has 2 unspecified atom stereocenters. The highest BCUT2D eigenvalue weighted by molar-refractivity contribution is 6.35. The highest BCUT2D eigenvalue weighted by atomic mass is 35.5. The second-order valence-electron chi connectivity index (χ2n) is 7.16. The summed E-state index contributed by atoms with van der Waals surface area (Å²) in [6.07, 6.45) is 1.68. The number of amides is 2. The summed E-state index contributed by atoms with van der Waals surface area (Å²) >= 11 is 12.1. The average molecular weight is 399 g/mol. The highest BCUT2D eigenvalue weighted by Gasteiger charge is 2.45. The SMILES string of the molecule is CC1(C(=O)O)CCN(C(=O)C2CCCN2C(=O)c2cc(Cl)ccc2Cl)C1. The zero-order valence-corrected chi connectivity index (χ0v) is 15.9. The van der Waals surface area contributed by atoms with E-state index in [4.69, 9.17) is 23.2 Å². The summed E-state index contributed by atoms with van der Waals surface area (Å²) in [6, 6.07) is 4.07. The van der Waals surface area contributed by atoms with Crippen LogP contribution in [0.3, 0.4) is 0 Å². The van der Waals surface area contributed by atoms with Crippen LogP contribution in [-0.2, 0) is 9.59 Å². The quantitative estimate of drug-likeness (QED) is 0.848. The number of carboxylic acids is 1. The van der Waals surface area contributed by atoms with E-state index in [1.807, 2.05) is 0 Å². The smallest absolute Gasteiger partial charge is 0.311 e. The summed E-state index contributed by atoms with van der Waals surface area (Å²) in [5.41, 5.74) is -0.657. The van der Waals surface area contributed by atoms with Crippen LogP contribution in [0.1, 0.15) is 36.5 Å². The van der Waals surface area contributed by atoms with Crippen molar-refractivity contribution < 1.29 is 19.5 Å². The van der Waals surface area contributed by atoms with Crippen LogP contribution in [-0.4, -0.2) is 58.4 Å². The van der Waals surface area contributed by atoms with Crippen LogP contribution < -0.4 is 0 Å². The van der Waals surface area contributed by atoms with Gasteiger partial charge in [-0.05, 0) is 44.4 Å². The fourth-order valence-electron chi connectivity index (χ4n) is 3.62. The minimum absolute atomic E-state index is 0.164. The Bertz CT molecular complexity index is 770. The Morgan fingerprint density at radius 2 is 1.96 bits per heavy atom. The molecule has 140 valence electrons. The summed E-state index contributed by atoms with van der Waals surface area (Å²) in [4.78, 5) is 40.3. The van der Waals surface area contributed by atoms with Crippen LogP contribution in [0.5, 0.6) is 0 Å². The zero-order valence-electron chi connectivity index (χ0n) is 14.4. The van der Waals surface area contributed by atoms with Crippen molar-refractivity contribution >= 4 is 41.0 Å². The number of hydrogen-bond donors (Lipinski definition) is 1. The van der Waals surface area contributed by atoms with E-state index in [9.17, 15) is 19.5 Å². The Labute approximate surface area is 161 Å². The number of rotatable bonds is 3. The molecule has 1 aromatic carbocycles. The molecule has 3 rings (SSSR count). The molecule has 0 aromatic heterocycles. The van der Waals surface area contributed by atoms with Crippen LogP contribution in [0.4, 0.5) is 0 Å². The van der Waals surface area contributed by atoms with Gasteiger partial charge in [-0.2, -0.15) is 0 Å². The molecule has 2 fully saturated rings. The van der Waals surface area contributed by atoms with Crippen LogP contribution in [0.25, 0.3) is 0 Å². The third kappa shape index (κ3) is 3.40. The maximum Gasteiger partial charge on any atom is 0.311 e. The Balaban J connectivity index is 1.78.